The maximum atomic E-state index is 12.0. The highest BCUT2D eigenvalue weighted by atomic mass is 16.3. The van der Waals surface area contributed by atoms with E-state index >= 15 is 0 Å². The SMILES string of the molecule is C[C@@]12CCC[C@H]1[C@@H]1CCC3=CC(=O)CCC3=C1[C@@H](C(CO)CCCO)C2. The molecule has 0 spiro atoms. The molecule has 5 atom stereocenters. The maximum absolute atomic E-state index is 12.0. The predicted octanol–water partition coefficient (Wildman–Crippen LogP) is 4.19. The van der Waals surface area contributed by atoms with Crippen LogP contribution in [0.15, 0.2) is 22.8 Å². The number of carbonyl (C=O) groups is 1. The molecule has 0 amide bonds. The van der Waals surface area contributed by atoms with Gasteiger partial charge in [-0.3, -0.25) is 4.79 Å². The highest BCUT2D eigenvalue weighted by molar-refractivity contribution is 5.93. The highest BCUT2D eigenvalue weighted by Gasteiger charge is 2.53. The average Bonchev–Trinajstić information content (AvgIpc) is 3.03. The van der Waals surface area contributed by atoms with E-state index in [1.165, 1.54) is 43.3 Å². The first-order chi connectivity index (χ1) is 12.6. The summed E-state index contributed by atoms with van der Waals surface area (Å²) in [5.41, 5.74) is 4.83. The van der Waals surface area contributed by atoms with Crippen LogP contribution in [-0.2, 0) is 4.79 Å². The van der Waals surface area contributed by atoms with E-state index in [1.54, 1.807) is 5.57 Å². The molecule has 3 nitrogen and oxygen atoms in total. The molecule has 0 saturated heterocycles. The monoisotopic (exact) mass is 358 g/mol. The molecule has 0 heterocycles. The van der Waals surface area contributed by atoms with Crippen molar-refractivity contribution in [3.05, 3.63) is 22.8 Å². The van der Waals surface area contributed by atoms with E-state index in [0.717, 1.165) is 31.6 Å². The van der Waals surface area contributed by atoms with E-state index in [1.807, 2.05) is 6.08 Å². The number of hydrogen-bond donors (Lipinski definition) is 2. The second-order valence-corrected chi connectivity index (χ2v) is 9.49. The van der Waals surface area contributed by atoms with Gasteiger partial charge >= 0.3 is 0 Å². The number of allylic oxidation sites excluding steroid dienone is 4. The van der Waals surface area contributed by atoms with Crippen LogP contribution in [0.1, 0.15) is 71.1 Å². The van der Waals surface area contributed by atoms with Gasteiger partial charge in [0, 0.05) is 19.6 Å². The number of carbonyl (C=O) groups excluding carboxylic acids is 1. The van der Waals surface area contributed by atoms with Crippen molar-refractivity contribution in [2.45, 2.75) is 71.1 Å². The van der Waals surface area contributed by atoms with Crippen molar-refractivity contribution in [3.63, 3.8) is 0 Å². The summed E-state index contributed by atoms with van der Waals surface area (Å²) in [5.74, 6) is 2.42. The Morgan fingerprint density at radius 2 is 2.08 bits per heavy atom. The zero-order valence-corrected chi connectivity index (χ0v) is 16.2. The molecule has 4 aliphatic rings. The van der Waals surface area contributed by atoms with Crippen LogP contribution in [0.5, 0.6) is 0 Å². The van der Waals surface area contributed by atoms with Gasteiger partial charge in [-0.25, -0.2) is 0 Å². The Bertz CT molecular complexity index is 631. The fourth-order valence-corrected chi connectivity index (χ4v) is 6.93. The first-order valence-corrected chi connectivity index (χ1v) is 10.8. The zero-order chi connectivity index (χ0) is 18.3. The quantitative estimate of drug-likeness (QED) is 0.775. The number of aliphatic hydroxyl groups is 2. The molecule has 26 heavy (non-hydrogen) atoms. The fourth-order valence-electron chi connectivity index (χ4n) is 6.93. The highest BCUT2D eigenvalue weighted by Crippen LogP contribution is 2.63. The first kappa shape index (κ1) is 18.4. The molecule has 0 aromatic rings. The van der Waals surface area contributed by atoms with Crippen molar-refractivity contribution < 1.29 is 15.0 Å². The molecule has 0 radical (unpaired) electrons. The second kappa shape index (κ2) is 7.24. The Kier molecular flexibility index (Phi) is 5.13. The number of rotatable bonds is 5. The van der Waals surface area contributed by atoms with Crippen molar-refractivity contribution >= 4 is 5.78 Å². The van der Waals surface area contributed by atoms with Crippen LogP contribution in [-0.4, -0.2) is 29.2 Å². The Balaban J connectivity index is 1.77. The molecule has 1 unspecified atom stereocenters. The molecular weight excluding hydrogens is 324 g/mol. The Morgan fingerprint density at radius 3 is 2.85 bits per heavy atom. The molecule has 0 aromatic heterocycles. The number of ketones is 1. The summed E-state index contributed by atoms with van der Waals surface area (Å²) in [6.07, 6.45) is 12.6. The van der Waals surface area contributed by atoms with E-state index < -0.39 is 0 Å². The van der Waals surface area contributed by atoms with E-state index in [0.29, 0.717) is 29.5 Å². The van der Waals surface area contributed by atoms with Gasteiger partial charge in [-0.2, -0.15) is 0 Å². The number of fused-ring (bicyclic) bond motifs is 4. The summed E-state index contributed by atoms with van der Waals surface area (Å²) in [4.78, 5) is 12.0. The second-order valence-electron chi connectivity index (χ2n) is 9.49. The van der Waals surface area contributed by atoms with Crippen molar-refractivity contribution in [2.75, 3.05) is 13.2 Å². The Morgan fingerprint density at radius 1 is 1.23 bits per heavy atom. The Labute approximate surface area is 157 Å². The summed E-state index contributed by atoms with van der Waals surface area (Å²) in [7, 11) is 0. The summed E-state index contributed by atoms with van der Waals surface area (Å²) in [6.45, 7) is 2.92. The lowest BCUT2D eigenvalue weighted by Gasteiger charge is -2.52. The fraction of sp³-hybridized carbons (Fsp3) is 0.783. The van der Waals surface area contributed by atoms with Crippen LogP contribution < -0.4 is 0 Å². The van der Waals surface area contributed by atoms with Gasteiger partial charge in [0.1, 0.15) is 0 Å². The molecule has 144 valence electrons. The zero-order valence-electron chi connectivity index (χ0n) is 16.2. The molecule has 4 rings (SSSR count). The van der Waals surface area contributed by atoms with Gasteiger partial charge in [0.15, 0.2) is 5.78 Å². The van der Waals surface area contributed by atoms with Gasteiger partial charge in [0.2, 0.25) is 0 Å². The first-order valence-electron chi connectivity index (χ1n) is 10.8. The summed E-state index contributed by atoms with van der Waals surface area (Å²) in [5, 5.41) is 19.5. The summed E-state index contributed by atoms with van der Waals surface area (Å²) < 4.78 is 0. The molecule has 0 aliphatic heterocycles. The van der Waals surface area contributed by atoms with Crippen LogP contribution in [0.2, 0.25) is 0 Å². The smallest absolute Gasteiger partial charge is 0.156 e. The third kappa shape index (κ3) is 3.01. The van der Waals surface area contributed by atoms with Gasteiger partial charge in [-0.05, 0) is 97.7 Å². The largest absolute Gasteiger partial charge is 0.396 e. The van der Waals surface area contributed by atoms with Crippen molar-refractivity contribution in [2.24, 2.45) is 29.1 Å². The third-order valence-electron chi connectivity index (χ3n) is 8.08. The van der Waals surface area contributed by atoms with Crippen LogP contribution in [0.4, 0.5) is 0 Å². The van der Waals surface area contributed by atoms with E-state index in [-0.39, 0.29) is 19.1 Å². The van der Waals surface area contributed by atoms with Gasteiger partial charge < -0.3 is 10.2 Å². The maximum Gasteiger partial charge on any atom is 0.156 e. The number of aliphatic hydroxyl groups excluding tert-OH is 2. The van der Waals surface area contributed by atoms with Crippen molar-refractivity contribution in [1.82, 2.24) is 0 Å². The van der Waals surface area contributed by atoms with Gasteiger partial charge in [0.05, 0.1) is 0 Å². The topological polar surface area (TPSA) is 57.5 Å². The minimum Gasteiger partial charge on any atom is -0.396 e. The van der Waals surface area contributed by atoms with Gasteiger partial charge in [-0.15, -0.1) is 0 Å². The standard InChI is InChI=1S/C23H34O3/c1-23-10-2-5-21(23)19-8-6-15-12-17(26)7-9-18(15)22(19)20(13-23)16(14-25)4-3-11-24/h12,16,19-21,24-25H,2-11,13-14H2,1H3/t16?,19-,20+,21-,23-/m0/s1. The van der Waals surface area contributed by atoms with E-state index in [9.17, 15) is 15.0 Å². The lowest BCUT2D eigenvalue weighted by molar-refractivity contribution is -0.114. The van der Waals surface area contributed by atoms with Crippen molar-refractivity contribution in [1.29, 1.82) is 0 Å². The van der Waals surface area contributed by atoms with Gasteiger partial charge in [0.25, 0.3) is 0 Å². The normalized spacial score (nSPS) is 37.7. The third-order valence-corrected chi connectivity index (χ3v) is 8.08. The van der Waals surface area contributed by atoms with Crippen LogP contribution in [0, 0.1) is 29.1 Å². The minimum atomic E-state index is 0.206. The van der Waals surface area contributed by atoms with E-state index in [2.05, 4.69) is 6.92 Å². The molecule has 2 N–H and O–H groups in total. The minimum absolute atomic E-state index is 0.206. The molecule has 2 saturated carbocycles. The molecule has 0 aromatic carbocycles. The molecule has 4 aliphatic carbocycles. The van der Waals surface area contributed by atoms with Crippen LogP contribution >= 0.6 is 0 Å². The van der Waals surface area contributed by atoms with Crippen LogP contribution in [0.25, 0.3) is 0 Å². The number of hydrogen-bond acceptors (Lipinski definition) is 3. The lowest BCUT2D eigenvalue weighted by Crippen LogP contribution is -2.44. The molecular formula is C23H34O3. The van der Waals surface area contributed by atoms with E-state index in [4.69, 9.17) is 0 Å². The molecule has 0 bridgehead atoms. The van der Waals surface area contributed by atoms with Gasteiger partial charge in [-0.1, -0.05) is 18.9 Å². The lowest BCUT2D eigenvalue weighted by atomic mass is 9.52. The van der Waals surface area contributed by atoms with Crippen molar-refractivity contribution in [3.8, 4) is 0 Å². The Hall–Kier alpha value is -0.930. The van der Waals surface area contributed by atoms with Crippen LogP contribution in [0.3, 0.4) is 0 Å². The summed E-state index contributed by atoms with van der Waals surface area (Å²) in [6, 6.07) is 0. The predicted molar refractivity (Wildman–Crippen MR) is 103 cm³/mol. The summed E-state index contributed by atoms with van der Waals surface area (Å²) >= 11 is 0. The molecule has 2 fully saturated rings. The molecule has 3 heteroatoms. The average molecular weight is 359 g/mol.